The van der Waals surface area contributed by atoms with Crippen LogP contribution < -0.4 is 10.5 Å². The molecule has 1 aliphatic heterocycles. The fraction of sp³-hybridized carbons (Fsp3) is 0.556. The van der Waals surface area contributed by atoms with E-state index in [1.165, 1.54) is 24.1 Å². The van der Waals surface area contributed by atoms with Crippen LogP contribution in [0.4, 0.5) is 5.69 Å². The van der Waals surface area contributed by atoms with Crippen LogP contribution in [0.2, 0.25) is 0 Å². The number of hydrogen-bond donors (Lipinski definition) is 0. The molecule has 2 aliphatic rings. The highest BCUT2D eigenvalue weighted by Gasteiger charge is 2.36. The summed E-state index contributed by atoms with van der Waals surface area (Å²) in [5.41, 5.74) is 4.71. The number of pyridine rings is 1. The first kappa shape index (κ1) is 23.6. The largest absolute Gasteiger partial charge is 0.362 e. The Morgan fingerprint density at radius 3 is 2.57 bits per heavy atom. The van der Waals surface area contributed by atoms with Crippen molar-refractivity contribution in [3.05, 3.63) is 57.9 Å². The van der Waals surface area contributed by atoms with Gasteiger partial charge in [0.05, 0.1) is 30.1 Å². The minimum atomic E-state index is -0.0751. The van der Waals surface area contributed by atoms with Gasteiger partial charge in [0.25, 0.3) is 5.56 Å². The maximum Gasteiger partial charge on any atom is 0.267 e. The number of piperazine rings is 1. The normalized spacial score (nSPS) is 21.9. The van der Waals surface area contributed by atoms with Gasteiger partial charge >= 0.3 is 0 Å². The highest BCUT2D eigenvalue weighted by Crippen LogP contribution is 2.39. The summed E-state index contributed by atoms with van der Waals surface area (Å²) in [6, 6.07) is 9.23. The van der Waals surface area contributed by atoms with Crippen LogP contribution in [0.25, 0.3) is 5.65 Å². The molecule has 3 atom stereocenters. The fourth-order valence-electron chi connectivity index (χ4n) is 5.51. The summed E-state index contributed by atoms with van der Waals surface area (Å²) in [6.45, 7) is 8.48. The van der Waals surface area contributed by atoms with Crippen molar-refractivity contribution in [2.75, 3.05) is 18.0 Å². The van der Waals surface area contributed by atoms with E-state index in [-0.39, 0.29) is 24.1 Å². The average molecular weight is 474 g/mol. The second-order valence-corrected chi connectivity index (χ2v) is 10.1. The number of hydrogen-bond acceptors (Lipinski definition) is 6. The molecule has 3 aromatic heterocycles. The Morgan fingerprint density at radius 2 is 1.94 bits per heavy atom. The Kier molecular flexibility index (Phi) is 6.37. The highest BCUT2D eigenvalue weighted by molar-refractivity contribution is 5.69. The van der Waals surface area contributed by atoms with Gasteiger partial charge in [0.15, 0.2) is 5.65 Å². The highest BCUT2D eigenvalue weighted by atomic mass is 16.1. The quantitative estimate of drug-likeness (QED) is 0.519. The lowest BCUT2D eigenvalue weighted by Gasteiger charge is -2.49. The maximum atomic E-state index is 12.9. The smallest absolute Gasteiger partial charge is 0.267 e. The number of nitriles is 1. The van der Waals surface area contributed by atoms with Crippen LogP contribution in [0.3, 0.4) is 0 Å². The Hall–Kier alpha value is -3.18. The molecule has 2 fully saturated rings. The molecule has 4 heterocycles. The lowest BCUT2D eigenvalue weighted by atomic mass is 9.97. The molecule has 1 saturated carbocycles. The molecule has 184 valence electrons. The number of aromatic nitrogens is 4. The summed E-state index contributed by atoms with van der Waals surface area (Å²) >= 11 is 0. The van der Waals surface area contributed by atoms with E-state index in [9.17, 15) is 4.79 Å². The van der Waals surface area contributed by atoms with Gasteiger partial charge < -0.3 is 4.90 Å². The molecule has 0 bridgehead atoms. The van der Waals surface area contributed by atoms with Crippen LogP contribution in [0.15, 0.2) is 35.4 Å². The topological polar surface area (TPSA) is 82.5 Å². The van der Waals surface area contributed by atoms with Gasteiger partial charge in [-0.25, -0.2) is 14.2 Å². The summed E-state index contributed by atoms with van der Waals surface area (Å²) in [5, 5.41) is 9.17. The molecule has 3 aromatic rings. The number of fused-ring (bicyclic) bond motifs is 1. The molecule has 0 radical (unpaired) electrons. The predicted molar refractivity (Wildman–Crippen MR) is 137 cm³/mol. The Labute approximate surface area is 206 Å². The zero-order chi connectivity index (χ0) is 24.7. The minimum absolute atomic E-state index is 0.0751. The van der Waals surface area contributed by atoms with E-state index in [0.717, 1.165) is 37.3 Å². The van der Waals surface area contributed by atoms with Crippen molar-refractivity contribution in [2.24, 2.45) is 7.05 Å². The van der Waals surface area contributed by atoms with Crippen molar-refractivity contribution >= 4 is 11.3 Å². The lowest BCUT2D eigenvalue weighted by molar-refractivity contribution is 0.101. The number of aryl methyl sites for hydroxylation is 1. The number of imidazole rings is 1. The fourth-order valence-corrected chi connectivity index (χ4v) is 5.51. The molecular weight excluding hydrogens is 438 g/mol. The minimum Gasteiger partial charge on any atom is -0.362 e. The van der Waals surface area contributed by atoms with Crippen molar-refractivity contribution in [2.45, 2.75) is 76.9 Å². The van der Waals surface area contributed by atoms with E-state index in [1.807, 2.05) is 0 Å². The van der Waals surface area contributed by atoms with Gasteiger partial charge in [0.2, 0.25) is 0 Å². The van der Waals surface area contributed by atoms with E-state index in [2.05, 4.69) is 55.0 Å². The molecule has 0 spiro atoms. The van der Waals surface area contributed by atoms with Crippen LogP contribution in [-0.2, 0) is 13.5 Å². The van der Waals surface area contributed by atoms with Gasteiger partial charge in [-0.2, -0.15) is 5.26 Å². The zero-order valence-electron chi connectivity index (χ0n) is 21.2. The van der Waals surface area contributed by atoms with Crippen molar-refractivity contribution in [3.8, 4) is 6.07 Å². The summed E-state index contributed by atoms with van der Waals surface area (Å²) < 4.78 is 3.35. The third-order valence-corrected chi connectivity index (χ3v) is 7.90. The van der Waals surface area contributed by atoms with E-state index in [0.29, 0.717) is 17.7 Å². The van der Waals surface area contributed by atoms with E-state index < -0.39 is 0 Å². The second-order valence-electron chi connectivity index (χ2n) is 10.1. The van der Waals surface area contributed by atoms with Gasteiger partial charge in [0, 0.05) is 62.1 Å². The monoisotopic (exact) mass is 473 g/mol. The first-order valence-corrected chi connectivity index (χ1v) is 12.9. The standard InChI is InChI=1S/C27H35N7O/c1-5-22-17-33(25-13-26(35)31(4)34-15-21(11-12-28)30-27(25)34)23(6-2)16-32(22)18(3)20-9-10-24(29-14-20)19-7-8-19/h9-10,13-15,18-19,22-23H,5-8,11,16-17H2,1-4H3/t18?,22-,23+/m1/s1. The Bertz CT molecular complexity index is 1300. The summed E-state index contributed by atoms with van der Waals surface area (Å²) in [7, 11) is 1.74. The van der Waals surface area contributed by atoms with Gasteiger partial charge in [-0.1, -0.05) is 19.9 Å². The molecule has 1 saturated heterocycles. The van der Waals surface area contributed by atoms with Crippen LogP contribution in [-0.4, -0.2) is 49.2 Å². The molecule has 1 aliphatic carbocycles. The van der Waals surface area contributed by atoms with Gasteiger partial charge in [0.1, 0.15) is 0 Å². The van der Waals surface area contributed by atoms with Gasteiger partial charge in [-0.15, -0.1) is 0 Å². The van der Waals surface area contributed by atoms with Crippen molar-refractivity contribution in [3.63, 3.8) is 0 Å². The maximum absolute atomic E-state index is 12.9. The number of rotatable bonds is 7. The SMILES string of the molecule is CC[C@H]1CN(C(C)c2ccc(C3CC3)nc2)[C@H](CC)CN1c1cc(=O)n(C)n2cc(CC#N)nc12. The zero-order valence-corrected chi connectivity index (χ0v) is 21.2. The summed E-state index contributed by atoms with van der Waals surface area (Å²) in [5.74, 6) is 0.669. The van der Waals surface area contributed by atoms with Crippen LogP contribution >= 0.6 is 0 Å². The predicted octanol–water partition coefficient (Wildman–Crippen LogP) is 3.81. The molecule has 35 heavy (non-hydrogen) atoms. The van der Waals surface area contributed by atoms with Crippen LogP contribution in [0.1, 0.15) is 75.4 Å². The first-order chi connectivity index (χ1) is 16.9. The van der Waals surface area contributed by atoms with E-state index >= 15 is 0 Å². The molecule has 8 nitrogen and oxygen atoms in total. The van der Waals surface area contributed by atoms with Crippen LogP contribution in [0.5, 0.6) is 0 Å². The summed E-state index contributed by atoms with van der Waals surface area (Å²) in [6.07, 6.45) is 8.62. The van der Waals surface area contributed by atoms with Gasteiger partial charge in [-0.3, -0.25) is 14.7 Å². The summed E-state index contributed by atoms with van der Waals surface area (Å²) in [4.78, 5) is 27.4. The molecule has 5 rings (SSSR count). The molecule has 0 aromatic carbocycles. The Morgan fingerprint density at radius 1 is 1.17 bits per heavy atom. The molecule has 8 heteroatoms. The Balaban J connectivity index is 1.46. The molecular formula is C27H35N7O. The molecule has 0 amide bonds. The first-order valence-electron chi connectivity index (χ1n) is 12.9. The second kappa shape index (κ2) is 9.46. The molecule has 0 N–H and O–H groups in total. The van der Waals surface area contributed by atoms with E-state index in [1.54, 1.807) is 28.5 Å². The third-order valence-electron chi connectivity index (χ3n) is 7.90. The number of anilines is 1. The van der Waals surface area contributed by atoms with E-state index in [4.69, 9.17) is 15.2 Å². The van der Waals surface area contributed by atoms with Crippen molar-refractivity contribution in [1.82, 2.24) is 24.1 Å². The van der Waals surface area contributed by atoms with Crippen LogP contribution in [0, 0.1) is 11.3 Å². The average Bonchev–Trinajstić information content (AvgIpc) is 3.65. The van der Waals surface area contributed by atoms with Crippen molar-refractivity contribution in [1.29, 1.82) is 5.26 Å². The van der Waals surface area contributed by atoms with Gasteiger partial charge in [-0.05, 0) is 44.2 Å². The van der Waals surface area contributed by atoms with Crippen molar-refractivity contribution < 1.29 is 0 Å². The number of nitrogens with zero attached hydrogens (tertiary/aromatic N) is 7. The molecule has 1 unspecified atom stereocenters. The lowest BCUT2D eigenvalue weighted by Crippen LogP contribution is -2.59. The third kappa shape index (κ3) is 4.34.